The second kappa shape index (κ2) is 7.69. The third kappa shape index (κ3) is 3.92. The number of para-hydroxylation sites is 1. The van der Waals surface area contributed by atoms with Crippen LogP contribution in [0.25, 0.3) is 10.9 Å². The van der Waals surface area contributed by atoms with Crippen molar-refractivity contribution >= 4 is 26.9 Å². The SMILES string of the molecule is O=C(O)c1ccccc1Cn1c2c(c3ccccc31)CC(NS(=O)(=O)C(F)(F)F)CC2. The fourth-order valence-corrected chi connectivity index (χ4v) is 4.98. The molecule has 0 bridgehead atoms. The van der Waals surface area contributed by atoms with Crippen LogP contribution < -0.4 is 4.72 Å². The summed E-state index contributed by atoms with van der Waals surface area (Å²) in [4.78, 5) is 11.6. The molecule has 1 aliphatic carbocycles. The summed E-state index contributed by atoms with van der Waals surface area (Å²) in [6, 6.07) is 13.1. The first kappa shape index (κ1) is 21.4. The Bertz CT molecular complexity index is 1270. The van der Waals surface area contributed by atoms with Crippen molar-refractivity contribution in [3.05, 3.63) is 70.9 Å². The Morgan fingerprint density at radius 1 is 1.13 bits per heavy atom. The molecule has 31 heavy (non-hydrogen) atoms. The van der Waals surface area contributed by atoms with Crippen LogP contribution in [0.2, 0.25) is 0 Å². The van der Waals surface area contributed by atoms with Gasteiger partial charge in [-0.25, -0.2) is 17.9 Å². The Morgan fingerprint density at radius 3 is 2.52 bits per heavy atom. The first-order valence-electron chi connectivity index (χ1n) is 9.57. The van der Waals surface area contributed by atoms with Gasteiger partial charge < -0.3 is 9.67 Å². The molecule has 1 heterocycles. The number of fused-ring (bicyclic) bond motifs is 3. The predicted molar refractivity (Wildman–Crippen MR) is 108 cm³/mol. The van der Waals surface area contributed by atoms with Gasteiger partial charge in [0.1, 0.15) is 0 Å². The van der Waals surface area contributed by atoms with Crippen LogP contribution in [0.1, 0.15) is 33.6 Å². The van der Waals surface area contributed by atoms with Crippen molar-refractivity contribution in [2.24, 2.45) is 0 Å². The van der Waals surface area contributed by atoms with Gasteiger partial charge in [-0.3, -0.25) is 0 Å². The van der Waals surface area contributed by atoms with Crippen LogP contribution in [0.5, 0.6) is 0 Å². The standard InChI is InChI=1S/C21H19F3N2O4S/c22-21(23,24)31(29,30)25-14-9-10-19-17(11-14)16-7-3-4-8-18(16)26(19)12-13-5-1-2-6-15(13)20(27)28/h1-8,14,25H,9-12H2,(H,27,28). The number of benzene rings is 2. The number of aromatic carboxylic acids is 1. The van der Waals surface area contributed by atoms with E-state index in [1.165, 1.54) is 6.07 Å². The number of halogens is 3. The number of hydrogen-bond donors (Lipinski definition) is 2. The fraction of sp³-hybridized carbons (Fsp3) is 0.286. The van der Waals surface area contributed by atoms with Crippen molar-refractivity contribution in [3.63, 3.8) is 0 Å². The van der Waals surface area contributed by atoms with E-state index in [9.17, 15) is 31.5 Å². The molecule has 4 rings (SSSR count). The molecule has 6 nitrogen and oxygen atoms in total. The zero-order valence-electron chi connectivity index (χ0n) is 16.2. The lowest BCUT2D eigenvalue weighted by atomic mass is 9.92. The van der Waals surface area contributed by atoms with Crippen LogP contribution in [-0.2, 0) is 29.4 Å². The molecule has 1 atom stereocenters. The van der Waals surface area contributed by atoms with Crippen molar-refractivity contribution in [1.29, 1.82) is 0 Å². The number of nitrogens with zero attached hydrogens (tertiary/aromatic N) is 1. The molecule has 2 aromatic carbocycles. The zero-order chi connectivity index (χ0) is 22.4. The smallest absolute Gasteiger partial charge is 0.478 e. The number of sulfonamides is 1. The molecule has 0 aliphatic heterocycles. The summed E-state index contributed by atoms with van der Waals surface area (Å²) in [6.45, 7) is 0.289. The summed E-state index contributed by atoms with van der Waals surface area (Å²) in [7, 11) is -5.43. The highest BCUT2D eigenvalue weighted by atomic mass is 32.2. The highest BCUT2D eigenvalue weighted by molar-refractivity contribution is 7.90. The molecule has 164 valence electrons. The van der Waals surface area contributed by atoms with E-state index in [4.69, 9.17) is 0 Å². The van der Waals surface area contributed by atoms with Gasteiger partial charge in [-0.15, -0.1) is 0 Å². The molecular formula is C21H19F3N2O4S. The Labute approximate surface area is 176 Å². The highest BCUT2D eigenvalue weighted by Crippen LogP contribution is 2.34. The van der Waals surface area contributed by atoms with E-state index < -0.39 is 27.5 Å². The van der Waals surface area contributed by atoms with Crippen LogP contribution in [0.15, 0.2) is 48.5 Å². The summed E-state index contributed by atoms with van der Waals surface area (Å²) >= 11 is 0. The minimum Gasteiger partial charge on any atom is -0.478 e. The van der Waals surface area contributed by atoms with Gasteiger partial charge in [0.05, 0.1) is 5.56 Å². The summed E-state index contributed by atoms with van der Waals surface area (Å²) in [5.41, 5.74) is -2.08. The normalized spacial score (nSPS) is 16.9. The number of nitrogens with one attached hydrogen (secondary N) is 1. The minimum absolute atomic E-state index is 0.124. The van der Waals surface area contributed by atoms with Gasteiger partial charge >= 0.3 is 21.5 Å². The van der Waals surface area contributed by atoms with E-state index in [2.05, 4.69) is 0 Å². The maximum absolute atomic E-state index is 12.8. The van der Waals surface area contributed by atoms with Crippen molar-refractivity contribution in [3.8, 4) is 0 Å². The number of carbonyl (C=O) groups is 1. The topological polar surface area (TPSA) is 88.4 Å². The molecule has 10 heteroatoms. The van der Waals surface area contributed by atoms with Gasteiger partial charge in [0.25, 0.3) is 0 Å². The van der Waals surface area contributed by atoms with Crippen molar-refractivity contribution in [2.45, 2.75) is 37.4 Å². The molecule has 0 fully saturated rings. The minimum atomic E-state index is -5.43. The number of aromatic nitrogens is 1. The van der Waals surface area contributed by atoms with E-state index in [1.807, 2.05) is 28.8 Å². The molecule has 1 aromatic heterocycles. The zero-order valence-corrected chi connectivity index (χ0v) is 17.0. The lowest BCUT2D eigenvalue weighted by Crippen LogP contribution is -2.45. The van der Waals surface area contributed by atoms with Crippen molar-refractivity contribution in [1.82, 2.24) is 9.29 Å². The van der Waals surface area contributed by atoms with Crippen LogP contribution in [0.4, 0.5) is 13.2 Å². The molecule has 1 unspecified atom stereocenters. The lowest BCUT2D eigenvalue weighted by molar-refractivity contribution is -0.0451. The molecule has 0 amide bonds. The molecule has 3 aromatic rings. The molecule has 1 aliphatic rings. The van der Waals surface area contributed by atoms with Crippen molar-refractivity contribution < 1.29 is 31.5 Å². The molecule has 0 radical (unpaired) electrons. The van der Waals surface area contributed by atoms with Crippen molar-refractivity contribution in [2.75, 3.05) is 0 Å². The van der Waals surface area contributed by atoms with E-state index >= 15 is 0 Å². The van der Waals surface area contributed by atoms with E-state index in [0.29, 0.717) is 12.0 Å². The second-order valence-electron chi connectivity index (χ2n) is 7.50. The summed E-state index contributed by atoms with van der Waals surface area (Å²) in [6.07, 6.45) is 0.697. The van der Waals surface area contributed by atoms with Gasteiger partial charge in [0.15, 0.2) is 0 Å². The van der Waals surface area contributed by atoms with E-state index in [-0.39, 0.29) is 24.9 Å². The summed E-state index contributed by atoms with van der Waals surface area (Å²) in [5.74, 6) is -1.04. The average Bonchev–Trinajstić information content (AvgIpc) is 3.00. The number of carboxylic acid groups (broad SMARTS) is 1. The first-order chi connectivity index (χ1) is 14.6. The summed E-state index contributed by atoms with van der Waals surface area (Å²) < 4.78 is 65.2. The van der Waals surface area contributed by atoms with Gasteiger partial charge in [-0.05, 0) is 42.5 Å². The third-order valence-corrected chi connectivity index (χ3v) is 6.83. The summed E-state index contributed by atoms with van der Waals surface area (Å²) in [5, 5.41) is 10.3. The molecule has 2 N–H and O–H groups in total. The maximum atomic E-state index is 12.8. The largest absolute Gasteiger partial charge is 0.511 e. The second-order valence-corrected chi connectivity index (χ2v) is 9.20. The number of alkyl halides is 3. The Balaban J connectivity index is 1.73. The number of rotatable bonds is 5. The van der Waals surface area contributed by atoms with Gasteiger partial charge in [0, 0.05) is 29.2 Å². The van der Waals surface area contributed by atoms with Crippen LogP contribution in [0, 0.1) is 0 Å². The quantitative estimate of drug-likeness (QED) is 0.618. The Kier molecular flexibility index (Phi) is 5.30. The Hall–Kier alpha value is -2.85. The van der Waals surface area contributed by atoms with Gasteiger partial charge in [0.2, 0.25) is 0 Å². The van der Waals surface area contributed by atoms with Crippen LogP contribution >= 0.6 is 0 Å². The molecule has 0 saturated heterocycles. The van der Waals surface area contributed by atoms with Crippen LogP contribution in [-0.4, -0.2) is 35.6 Å². The monoisotopic (exact) mass is 452 g/mol. The number of hydrogen-bond acceptors (Lipinski definition) is 3. The lowest BCUT2D eigenvalue weighted by Gasteiger charge is -2.25. The molecular weight excluding hydrogens is 433 g/mol. The van der Waals surface area contributed by atoms with Gasteiger partial charge in [-0.2, -0.15) is 13.2 Å². The van der Waals surface area contributed by atoms with Gasteiger partial charge in [-0.1, -0.05) is 36.4 Å². The van der Waals surface area contributed by atoms with E-state index in [1.54, 1.807) is 22.9 Å². The molecule has 0 spiro atoms. The third-order valence-electron chi connectivity index (χ3n) is 5.58. The first-order valence-corrected chi connectivity index (χ1v) is 11.1. The Morgan fingerprint density at radius 2 is 1.81 bits per heavy atom. The molecule has 0 saturated carbocycles. The average molecular weight is 452 g/mol. The number of carboxylic acids is 1. The maximum Gasteiger partial charge on any atom is 0.511 e. The fourth-order valence-electron chi connectivity index (χ4n) is 4.21. The highest BCUT2D eigenvalue weighted by Gasteiger charge is 2.47. The predicted octanol–water partition coefficient (Wildman–Crippen LogP) is 3.68. The van der Waals surface area contributed by atoms with E-state index in [0.717, 1.165) is 22.2 Å². The van der Waals surface area contributed by atoms with Crippen LogP contribution in [0.3, 0.4) is 0 Å².